The molecule has 3 aromatic heterocycles. The molecule has 6 aliphatic heterocycles. The van der Waals surface area contributed by atoms with Gasteiger partial charge in [0.25, 0.3) is 0 Å². The molecule has 0 aliphatic carbocycles. The number of nitrogens with one attached hydrogen (secondary N) is 3. The maximum Gasteiger partial charge on any atom is 0.417 e. The van der Waals surface area contributed by atoms with Gasteiger partial charge in [0, 0.05) is 50.3 Å². The molecule has 6 aromatic rings. The van der Waals surface area contributed by atoms with Crippen molar-refractivity contribution in [2.24, 2.45) is 16.2 Å². The molecular formula is C69H89Cl2F2IN14O10. The van der Waals surface area contributed by atoms with Gasteiger partial charge in [-0.05, 0) is 150 Å². The fraction of sp³-hybridized carbons (Fsp3) is 0.507. The Labute approximate surface area is 594 Å². The van der Waals surface area contributed by atoms with Gasteiger partial charge in [-0.3, -0.25) is 43.5 Å². The van der Waals surface area contributed by atoms with E-state index in [9.17, 15) is 42.3 Å². The van der Waals surface area contributed by atoms with Crippen LogP contribution in [0.25, 0.3) is 0 Å². The van der Waals surface area contributed by atoms with Crippen molar-refractivity contribution in [2.45, 2.75) is 192 Å². The smallest absolute Gasteiger partial charge is 0.417 e. The van der Waals surface area contributed by atoms with Gasteiger partial charge in [-0.2, -0.15) is 15.3 Å². The molecule has 0 bridgehead atoms. The zero-order valence-corrected chi connectivity index (χ0v) is 61.9. The number of hydrogen-bond acceptors (Lipinski definition) is 13. The minimum absolute atomic E-state index is 0.0131. The molecule has 0 saturated carbocycles. The first-order chi connectivity index (χ1) is 45.6. The van der Waals surface area contributed by atoms with Gasteiger partial charge in [0.1, 0.15) is 28.6 Å². The Balaban J connectivity index is 0.000000163. The third kappa shape index (κ3) is 20.1. The number of amides is 8. The van der Waals surface area contributed by atoms with Crippen molar-refractivity contribution < 1.29 is 56.6 Å². The van der Waals surface area contributed by atoms with Gasteiger partial charge in [0.2, 0.25) is 17.7 Å². The van der Waals surface area contributed by atoms with E-state index in [1.165, 1.54) is 36.4 Å². The summed E-state index contributed by atoms with van der Waals surface area (Å²) in [6.07, 6.45) is 5.76. The van der Waals surface area contributed by atoms with E-state index in [1.807, 2.05) is 93.5 Å². The van der Waals surface area contributed by atoms with Crippen LogP contribution in [0.4, 0.5) is 50.7 Å². The van der Waals surface area contributed by atoms with Crippen LogP contribution in [0.15, 0.2) is 85.3 Å². The Bertz CT molecular complexity index is 3920. The Morgan fingerprint density at radius 2 is 1.00 bits per heavy atom. The number of fused-ring (bicyclic) bond motifs is 3. The number of rotatable bonds is 5. The number of urea groups is 1. The van der Waals surface area contributed by atoms with E-state index in [1.54, 1.807) is 56.3 Å². The second-order valence-corrected chi connectivity index (χ2v) is 31.6. The summed E-state index contributed by atoms with van der Waals surface area (Å²) in [7, 11) is 0. The van der Waals surface area contributed by atoms with Crippen LogP contribution < -0.4 is 30.5 Å². The van der Waals surface area contributed by atoms with Crippen molar-refractivity contribution in [2.75, 3.05) is 40.1 Å². The number of benzene rings is 3. The summed E-state index contributed by atoms with van der Waals surface area (Å²) in [6.45, 7) is 34.9. The molecule has 530 valence electrons. The van der Waals surface area contributed by atoms with Crippen molar-refractivity contribution in [1.82, 2.24) is 49.4 Å². The van der Waals surface area contributed by atoms with E-state index in [0.717, 1.165) is 45.1 Å². The minimum Gasteiger partial charge on any atom is -0.444 e. The molecule has 3 fully saturated rings. The van der Waals surface area contributed by atoms with Gasteiger partial charge in [-0.25, -0.2) is 28.0 Å². The number of hydrogen-bond donors (Lipinski definition) is 3. The number of ether oxygens (including phenoxy) is 3. The zero-order valence-electron chi connectivity index (χ0n) is 58.2. The molecule has 8 amide bonds. The number of anilines is 4. The van der Waals surface area contributed by atoms with Crippen LogP contribution in [0.5, 0.6) is 5.75 Å². The molecule has 3 saturated heterocycles. The molecule has 0 radical (unpaired) electrons. The predicted molar refractivity (Wildman–Crippen MR) is 378 cm³/mol. The third-order valence-electron chi connectivity index (χ3n) is 16.4. The minimum atomic E-state index is -0.663. The van der Waals surface area contributed by atoms with Gasteiger partial charge in [0.15, 0.2) is 0 Å². The fourth-order valence-corrected chi connectivity index (χ4v) is 12.5. The monoisotopic (exact) mass is 1510 g/mol. The van der Waals surface area contributed by atoms with E-state index in [2.05, 4.69) is 95.4 Å². The number of para-hydroxylation sites is 1. The van der Waals surface area contributed by atoms with E-state index in [4.69, 9.17) is 37.4 Å². The number of carbonyl (C=O) groups is 7. The second-order valence-electron chi connectivity index (χ2n) is 29.6. The summed E-state index contributed by atoms with van der Waals surface area (Å²) in [5.41, 5.74) is 4.25. The topological polar surface area (TPSA) is 253 Å². The number of aromatic nitrogens is 6. The maximum absolute atomic E-state index is 13.4. The summed E-state index contributed by atoms with van der Waals surface area (Å²) in [4.78, 5) is 93.3. The Kier molecular flexibility index (Phi) is 23.6. The van der Waals surface area contributed by atoms with Crippen LogP contribution in [0, 0.1) is 31.4 Å². The van der Waals surface area contributed by atoms with Crippen LogP contribution in [-0.2, 0) is 63.1 Å². The fourth-order valence-electron chi connectivity index (χ4n) is 11.6. The molecule has 3 atom stereocenters. The van der Waals surface area contributed by atoms with Crippen molar-refractivity contribution >= 4 is 111 Å². The van der Waals surface area contributed by atoms with Crippen LogP contribution in [0.2, 0.25) is 10.0 Å². The average Bonchev–Trinajstić information content (AvgIpc) is 1.52. The van der Waals surface area contributed by atoms with Crippen LogP contribution in [-0.4, -0.2) is 135 Å². The largest absolute Gasteiger partial charge is 0.444 e. The van der Waals surface area contributed by atoms with Gasteiger partial charge < -0.3 is 39.5 Å². The number of carbonyl (C=O) groups excluding carboxylic acids is 7. The van der Waals surface area contributed by atoms with E-state index >= 15 is 0 Å². The highest BCUT2D eigenvalue weighted by Crippen LogP contribution is 2.39. The van der Waals surface area contributed by atoms with Crippen molar-refractivity contribution in [1.29, 1.82) is 0 Å². The molecular weight excluding hydrogens is 1420 g/mol. The third-order valence-corrected chi connectivity index (χ3v) is 17.9. The first kappa shape index (κ1) is 75.7. The van der Waals surface area contributed by atoms with Crippen LogP contribution >= 0.6 is 45.8 Å². The Morgan fingerprint density at radius 3 is 1.40 bits per heavy atom. The number of nitrogens with zero attached hydrogens (tertiary/aromatic N) is 11. The summed E-state index contributed by atoms with van der Waals surface area (Å²) in [5, 5.41) is 21.1. The van der Waals surface area contributed by atoms with Gasteiger partial charge in [-0.1, -0.05) is 82.9 Å². The van der Waals surface area contributed by atoms with Crippen molar-refractivity contribution in [3.63, 3.8) is 0 Å². The molecule has 29 heteroatoms. The molecule has 3 aromatic carbocycles. The molecule has 0 spiro atoms. The van der Waals surface area contributed by atoms with E-state index < -0.39 is 28.9 Å². The molecule has 3 N–H and O–H groups in total. The van der Waals surface area contributed by atoms with Crippen molar-refractivity contribution in [3.05, 3.63) is 128 Å². The lowest BCUT2D eigenvalue weighted by Crippen LogP contribution is -2.47. The molecule has 6 aliphatic rings. The van der Waals surface area contributed by atoms with Crippen LogP contribution in [0.3, 0.4) is 0 Å². The normalized spacial score (nSPS) is 19.5. The van der Waals surface area contributed by atoms with Crippen LogP contribution in [0.1, 0.15) is 140 Å². The second kappa shape index (κ2) is 30.6. The SMILES string of the molecule is CC1(C)CNC(=O)C1.C[C@H]1Cn2ncc(I)c2CN1C(=O)OC(C)(C)C.C[C@H]1Cn2ncc(N3CC(C)(C)CC3=O)c2CN1C(=O)Nc1ccc(F)c(Cl)c1.C[C@H]1Cn2ncc(N3CC(C)(C)CC3=O)c2CN1C(=O)OC(C)(C)C.O=C(Nc1ccc(F)c(Cl)c1)Oc1ccccc1. The first-order valence-electron chi connectivity index (χ1n) is 32.3. The highest BCUT2D eigenvalue weighted by molar-refractivity contribution is 14.1. The van der Waals surface area contributed by atoms with Gasteiger partial charge in [-0.15, -0.1) is 0 Å². The predicted octanol–water partition coefficient (Wildman–Crippen LogP) is 13.9. The Morgan fingerprint density at radius 1 is 0.582 bits per heavy atom. The summed E-state index contributed by atoms with van der Waals surface area (Å²) >= 11 is 13.6. The lowest BCUT2D eigenvalue weighted by Gasteiger charge is -2.36. The molecule has 98 heavy (non-hydrogen) atoms. The molecule has 24 nitrogen and oxygen atoms in total. The number of halogens is 5. The summed E-state index contributed by atoms with van der Waals surface area (Å²) in [6, 6.07) is 16.2. The summed E-state index contributed by atoms with van der Waals surface area (Å²) < 4.78 is 49.1. The van der Waals surface area contributed by atoms with Gasteiger partial charge in [0.05, 0.1) is 118 Å². The quantitative estimate of drug-likeness (QED) is 0.136. The lowest BCUT2D eigenvalue weighted by molar-refractivity contribution is -0.120. The van der Waals surface area contributed by atoms with Gasteiger partial charge >= 0.3 is 24.3 Å². The lowest BCUT2D eigenvalue weighted by atomic mass is 9.93. The van der Waals surface area contributed by atoms with E-state index in [0.29, 0.717) is 82.2 Å². The zero-order chi connectivity index (χ0) is 72.1. The standard InChI is InChI=1S/C20H23ClFN5O2.C18H28N4O3.C13H9ClFNO2.C12H18IN3O2.C6H11NO/c1-12-9-27-17(16(8-23-27)26-11-20(2,3)7-18(26)28)10-25(12)19(29)24-13-4-5-15(22)14(21)6-13;1-12-9-22-14(10-20(12)16(24)25-17(2,3)4)13(8-19-22)21-11-18(5,6)7-15(21)23;14-11-8-9(6-7-12(11)15)16-13(17)18-10-4-2-1-3-5-10;1-8-6-16-10(9(13)5-14-16)7-15(8)11(17)18-12(2,3)4;1-6(2)3-5(8)7-4-6/h4-6,8,12H,7,9-11H2,1-3H3,(H,24,29);8,12H,7,9-11H2,1-6H3;1-8H,(H,16,17);5,8H,6-7H2,1-4H3;3-4H2,1-2H3,(H,7,8)/t2*12-;;8-;/m00.0./s1. The first-order valence-corrected chi connectivity index (χ1v) is 34.2. The van der Waals surface area contributed by atoms with Crippen molar-refractivity contribution in [3.8, 4) is 5.75 Å². The molecule has 0 unspecified atom stereocenters. The Hall–Kier alpha value is -8.05. The molecule has 9 heterocycles. The average molecular weight is 1510 g/mol. The highest BCUT2D eigenvalue weighted by Gasteiger charge is 2.42. The maximum atomic E-state index is 13.4. The summed E-state index contributed by atoms with van der Waals surface area (Å²) in [5.74, 6) is -0.288. The highest BCUT2D eigenvalue weighted by atomic mass is 127. The molecule has 12 rings (SSSR count). The van der Waals surface area contributed by atoms with E-state index in [-0.39, 0.29) is 80.4 Å².